The van der Waals surface area contributed by atoms with Crippen LogP contribution in [0.25, 0.3) is 55.3 Å². The molecule has 2 heterocycles. The number of benzene rings is 9. The highest BCUT2D eigenvalue weighted by atomic mass is 16.3. The van der Waals surface area contributed by atoms with Crippen molar-refractivity contribution in [3.63, 3.8) is 0 Å². The first kappa shape index (κ1) is 36.8. The first-order valence-electron chi connectivity index (χ1n) is 20.9. The molecule has 0 aliphatic carbocycles. The van der Waals surface area contributed by atoms with E-state index in [1.54, 1.807) is 0 Å². The molecule has 10 aromatic rings. The lowest BCUT2D eigenvalue weighted by Crippen LogP contribution is -2.33. The Morgan fingerprint density at radius 2 is 0.855 bits per heavy atom. The number of nitrogens with one attached hydrogen (secondary N) is 1. The number of hydrogen-bond acceptors (Lipinski definition) is 5. The molecule has 1 aliphatic rings. The number of amidine groups is 2. The fourth-order valence-corrected chi connectivity index (χ4v) is 8.48. The lowest BCUT2D eigenvalue weighted by Gasteiger charge is -2.26. The largest absolute Gasteiger partial charge is 0.455 e. The Bertz CT molecular complexity index is 3130. The van der Waals surface area contributed by atoms with E-state index in [1.165, 1.54) is 22.3 Å². The van der Waals surface area contributed by atoms with Crippen LogP contribution >= 0.6 is 0 Å². The molecule has 294 valence electrons. The van der Waals surface area contributed by atoms with E-state index < -0.39 is 6.17 Å². The van der Waals surface area contributed by atoms with Crippen LogP contribution in [0.3, 0.4) is 0 Å². The number of furan rings is 1. The molecule has 0 saturated carbocycles. The maximum absolute atomic E-state index is 6.79. The van der Waals surface area contributed by atoms with Crippen LogP contribution in [-0.2, 0) is 0 Å². The number of nitrogens with zero attached hydrogens (tertiary/aromatic N) is 3. The molecule has 1 aliphatic heterocycles. The van der Waals surface area contributed by atoms with Gasteiger partial charge in [-0.25, -0.2) is 9.98 Å². The molecule has 1 atom stereocenters. The van der Waals surface area contributed by atoms with E-state index in [0.29, 0.717) is 5.84 Å². The SMILES string of the molecule is c1ccc(C2=NC(c3ccc(-c4ccc(N(c5ccc(-c6ccccc6)cc5)c5ccc(-c6ccccc6)cc5)cc4)c4oc5ccccc5c34)NC(c3ccccc3)=N2)cc1. The Hall–Kier alpha value is -8.28. The van der Waals surface area contributed by atoms with Gasteiger partial charge in [-0.1, -0.05) is 188 Å². The van der Waals surface area contributed by atoms with E-state index in [0.717, 1.165) is 72.7 Å². The standard InChI is InChI=1S/C57H40N4O/c1-5-15-39(16-6-1)41-25-31-46(32-26-41)61(47-33-27-42(28-34-47)40-17-7-2-8-18-40)48-35-29-43(30-36-48)49-37-38-51(53-50-23-13-14-24-52(50)62-54(49)53)57-59-55(44-19-9-3-10-20-44)58-56(60-57)45-21-11-4-12-22-45/h1-38,57H,(H,58,59,60). The van der Waals surface area contributed by atoms with E-state index in [2.05, 4.69) is 192 Å². The summed E-state index contributed by atoms with van der Waals surface area (Å²) in [4.78, 5) is 12.6. The lowest BCUT2D eigenvalue weighted by molar-refractivity contribution is 0.663. The fraction of sp³-hybridized carbons (Fsp3) is 0.0175. The zero-order valence-corrected chi connectivity index (χ0v) is 33.8. The van der Waals surface area contributed by atoms with E-state index in [-0.39, 0.29) is 0 Å². The number of para-hydroxylation sites is 1. The fourth-order valence-electron chi connectivity index (χ4n) is 8.48. The van der Waals surface area contributed by atoms with Gasteiger partial charge in [0.1, 0.15) is 23.2 Å². The first-order chi connectivity index (χ1) is 30.7. The number of fused-ring (bicyclic) bond motifs is 3. The molecule has 5 nitrogen and oxygen atoms in total. The van der Waals surface area contributed by atoms with Gasteiger partial charge in [0.15, 0.2) is 5.84 Å². The molecule has 0 spiro atoms. The van der Waals surface area contributed by atoms with E-state index in [9.17, 15) is 0 Å². The van der Waals surface area contributed by atoms with Gasteiger partial charge >= 0.3 is 0 Å². The van der Waals surface area contributed by atoms with Crippen molar-refractivity contribution in [2.24, 2.45) is 9.98 Å². The summed E-state index contributed by atoms with van der Waals surface area (Å²) in [5, 5.41) is 5.76. The van der Waals surface area contributed by atoms with Gasteiger partial charge < -0.3 is 14.6 Å². The Labute approximate surface area is 360 Å². The Morgan fingerprint density at radius 1 is 0.403 bits per heavy atom. The van der Waals surface area contributed by atoms with Gasteiger partial charge in [-0.15, -0.1) is 0 Å². The van der Waals surface area contributed by atoms with Crippen molar-refractivity contribution in [1.82, 2.24) is 5.32 Å². The quantitative estimate of drug-likeness (QED) is 0.158. The molecule has 0 amide bonds. The average Bonchev–Trinajstić information content (AvgIpc) is 3.75. The van der Waals surface area contributed by atoms with Crippen LogP contribution in [-0.4, -0.2) is 11.7 Å². The number of rotatable bonds is 9. The maximum atomic E-state index is 6.79. The van der Waals surface area contributed by atoms with Crippen molar-refractivity contribution < 1.29 is 4.42 Å². The first-order valence-corrected chi connectivity index (χ1v) is 20.9. The van der Waals surface area contributed by atoms with Crippen LogP contribution in [0.4, 0.5) is 17.1 Å². The zero-order valence-electron chi connectivity index (χ0n) is 33.8. The summed E-state index contributed by atoms with van der Waals surface area (Å²) in [5.41, 5.74) is 14.6. The second-order valence-electron chi connectivity index (χ2n) is 15.4. The summed E-state index contributed by atoms with van der Waals surface area (Å²) in [6.45, 7) is 0. The van der Waals surface area contributed by atoms with E-state index >= 15 is 0 Å². The summed E-state index contributed by atoms with van der Waals surface area (Å²) in [6.07, 6.45) is -0.409. The van der Waals surface area contributed by atoms with Crippen molar-refractivity contribution in [3.05, 3.63) is 247 Å². The number of hydrogen-bond donors (Lipinski definition) is 1. The van der Waals surface area contributed by atoms with Crippen LogP contribution in [0.15, 0.2) is 245 Å². The Balaban J connectivity index is 0.995. The molecule has 1 aromatic heterocycles. The third-order valence-electron chi connectivity index (χ3n) is 11.6. The molecule has 11 rings (SSSR count). The minimum atomic E-state index is -0.409. The monoisotopic (exact) mass is 796 g/mol. The number of anilines is 3. The molecule has 1 N–H and O–H groups in total. The summed E-state index contributed by atoms with van der Waals surface area (Å²) in [6, 6.07) is 80.5. The van der Waals surface area contributed by atoms with Crippen molar-refractivity contribution in [3.8, 4) is 33.4 Å². The van der Waals surface area contributed by atoms with Gasteiger partial charge in [0, 0.05) is 50.1 Å². The highest BCUT2D eigenvalue weighted by Crippen LogP contribution is 2.43. The predicted octanol–water partition coefficient (Wildman–Crippen LogP) is 14.6. The highest BCUT2D eigenvalue weighted by molar-refractivity contribution is 6.15. The van der Waals surface area contributed by atoms with E-state index in [1.807, 2.05) is 48.5 Å². The van der Waals surface area contributed by atoms with Crippen LogP contribution < -0.4 is 10.2 Å². The molecule has 9 aromatic carbocycles. The molecule has 0 saturated heterocycles. The normalized spacial score (nSPS) is 13.6. The predicted molar refractivity (Wildman–Crippen MR) is 257 cm³/mol. The lowest BCUT2D eigenvalue weighted by atomic mass is 9.96. The number of aliphatic imine (C=N–C) groups is 2. The van der Waals surface area contributed by atoms with Crippen molar-refractivity contribution in [1.29, 1.82) is 0 Å². The molecule has 1 unspecified atom stereocenters. The average molecular weight is 797 g/mol. The molecular formula is C57H40N4O. The van der Waals surface area contributed by atoms with Crippen molar-refractivity contribution >= 4 is 50.7 Å². The second-order valence-corrected chi connectivity index (χ2v) is 15.4. The second kappa shape index (κ2) is 16.1. The topological polar surface area (TPSA) is 53.1 Å². The maximum Gasteiger partial charge on any atom is 0.159 e. The van der Waals surface area contributed by atoms with E-state index in [4.69, 9.17) is 14.4 Å². The summed E-state index contributed by atoms with van der Waals surface area (Å²) in [7, 11) is 0. The van der Waals surface area contributed by atoms with Gasteiger partial charge in [-0.3, -0.25) is 0 Å². The molecule has 62 heavy (non-hydrogen) atoms. The van der Waals surface area contributed by atoms with Crippen LogP contribution in [0.5, 0.6) is 0 Å². The molecule has 0 radical (unpaired) electrons. The third kappa shape index (κ3) is 7.01. The van der Waals surface area contributed by atoms with Crippen LogP contribution in [0.1, 0.15) is 22.9 Å². The molecular weight excluding hydrogens is 757 g/mol. The van der Waals surface area contributed by atoms with Crippen LogP contribution in [0.2, 0.25) is 0 Å². The van der Waals surface area contributed by atoms with Gasteiger partial charge in [-0.05, 0) is 70.3 Å². The Morgan fingerprint density at radius 3 is 1.40 bits per heavy atom. The zero-order chi connectivity index (χ0) is 41.2. The molecule has 0 fully saturated rings. The smallest absolute Gasteiger partial charge is 0.159 e. The van der Waals surface area contributed by atoms with Gasteiger partial charge in [-0.2, -0.15) is 0 Å². The van der Waals surface area contributed by atoms with Gasteiger partial charge in [0.2, 0.25) is 0 Å². The highest BCUT2D eigenvalue weighted by Gasteiger charge is 2.26. The summed E-state index contributed by atoms with van der Waals surface area (Å²) < 4.78 is 6.79. The van der Waals surface area contributed by atoms with Crippen molar-refractivity contribution in [2.45, 2.75) is 6.17 Å². The Kier molecular flexibility index (Phi) is 9.52. The van der Waals surface area contributed by atoms with Crippen molar-refractivity contribution in [2.75, 3.05) is 4.90 Å². The minimum absolute atomic E-state index is 0.409. The minimum Gasteiger partial charge on any atom is -0.455 e. The summed E-state index contributed by atoms with van der Waals surface area (Å²) in [5.74, 6) is 1.46. The summed E-state index contributed by atoms with van der Waals surface area (Å²) >= 11 is 0. The van der Waals surface area contributed by atoms with Crippen LogP contribution in [0, 0.1) is 0 Å². The third-order valence-corrected chi connectivity index (χ3v) is 11.6. The van der Waals surface area contributed by atoms with Gasteiger partial charge in [0.05, 0.1) is 0 Å². The van der Waals surface area contributed by atoms with Gasteiger partial charge in [0.25, 0.3) is 0 Å². The molecule has 0 bridgehead atoms. The molecule has 5 heteroatoms.